The van der Waals surface area contributed by atoms with E-state index in [9.17, 15) is 19.2 Å². The van der Waals surface area contributed by atoms with E-state index in [-0.39, 0.29) is 11.8 Å². The highest BCUT2D eigenvalue weighted by atomic mass is 32.1. The van der Waals surface area contributed by atoms with Crippen LogP contribution in [0.1, 0.15) is 27.7 Å². The van der Waals surface area contributed by atoms with E-state index in [1.165, 1.54) is 27.7 Å². The van der Waals surface area contributed by atoms with E-state index in [0.29, 0.717) is 0 Å². The summed E-state index contributed by atoms with van der Waals surface area (Å²) in [4.78, 5) is 47.3. The van der Waals surface area contributed by atoms with E-state index in [2.05, 4.69) is 0 Å². The molecule has 0 bridgehead atoms. The molecule has 2 rings (SSSR count). The zero-order chi connectivity index (χ0) is 19.6. The minimum atomic E-state index is -1.14. The van der Waals surface area contributed by atoms with Gasteiger partial charge in [-0.15, -0.1) is 0 Å². The molecule has 2 saturated heterocycles. The van der Waals surface area contributed by atoms with Crippen molar-refractivity contribution >= 4 is 41.2 Å². The predicted octanol–water partition coefficient (Wildman–Crippen LogP) is -0.330. The molecular formula is C15H19NO9S. The van der Waals surface area contributed by atoms with Crippen molar-refractivity contribution in [2.24, 2.45) is 0 Å². The number of hydrogen-bond acceptors (Lipinski definition) is 10. The van der Waals surface area contributed by atoms with Gasteiger partial charge in [0.1, 0.15) is 18.8 Å². The van der Waals surface area contributed by atoms with Crippen molar-refractivity contribution in [3.8, 4) is 0 Å². The van der Waals surface area contributed by atoms with Crippen molar-refractivity contribution in [2.75, 3.05) is 6.61 Å². The van der Waals surface area contributed by atoms with Gasteiger partial charge >= 0.3 is 17.9 Å². The van der Waals surface area contributed by atoms with Gasteiger partial charge in [-0.2, -0.15) is 0 Å². The summed E-state index contributed by atoms with van der Waals surface area (Å²) in [6.07, 6.45) is -4.31. The quantitative estimate of drug-likeness (QED) is 0.359. The summed E-state index contributed by atoms with van der Waals surface area (Å²) in [7, 11) is 0. The summed E-state index contributed by atoms with van der Waals surface area (Å²) in [5.41, 5.74) is 0. The molecule has 0 aliphatic carbocycles. The van der Waals surface area contributed by atoms with Crippen LogP contribution in [0.5, 0.6) is 0 Å². The van der Waals surface area contributed by atoms with Gasteiger partial charge in [0.15, 0.2) is 12.2 Å². The molecule has 5 atom stereocenters. The first-order valence-corrected chi connectivity index (χ1v) is 8.16. The molecule has 0 aromatic heterocycles. The molecule has 10 nitrogen and oxygen atoms in total. The van der Waals surface area contributed by atoms with Gasteiger partial charge in [0.25, 0.3) is 5.17 Å². The van der Waals surface area contributed by atoms with Gasteiger partial charge in [-0.25, -0.2) is 0 Å². The van der Waals surface area contributed by atoms with Gasteiger partial charge in [0.05, 0.1) is 0 Å². The molecule has 0 unspecified atom stereocenters. The van der Waals surface area contributed by atoms with Crippen LogP contribution in [0.15, 0.2) is 0 Å². The second-order valence-electron chi connectivity index (χ2n) is 5.76. The Balaban J connectivity index is 2.40. The molecule has 0 radical (unpaired) electrons. The smallest absolute Gasteiger partial charge is 0.303 e. The molecule has 2 heterocycles. The number of carbonyl (C=O) groups is 4. The molecule has 2 aliphatic heterocycles. The summed E-state index contributed by atoms with van der Waals surface area (Å²) in [5.74, 6) is -2.36. The van der Waals surface area contributed by atoms with Crippen LogP contribution in [0, 0.1) is 0 Å². The maximum Gasteiger partial charge on any atom is 0.303 e. The number of hydrogen-bond donors (Lipinski definition) is 0. The van der Waals surface area contributed by atoms with E-state index < -0.39 is 54.5 Å². The zero-order valence-electron chi connectivity index (χ0n) is 14.6. The monoisotopic (exact) mass is 389 g/mol. The average molecular weight is 389 g/mol. The topological polar surface area (TPSA) is 118 Å². The lowest BCUT2D eigenvalue weighted by Gasteiger charge is -2.42. The normalized spacial score (nSPS) is 30.1. The van der Waals surface area contributed by atoms with Crippen molar-refractivity contribution < 1.29 is 42.9 Å². The van der Waals surface area contributed by atoms with Crippen LogP contribution < -0.4 is 0 Å². The summed E-state index contributed by atoms with van der Waals surface area (Å²) in [5, 5.41) is -0.153. The maximum absolute atomic E-state index is 12.0. The molecule has 0 spiro atoms. The molecule has 0 N–H and O–H groups in total. The Hall–Kier alpha value is -2.27. The lowest BCUT2D eigenvalue weighted by atomic mass is 9.95. The molecule has 0 aromatic carbocycles. The van der Waals surface area contributed by atoms with Crippen LogP contribution in [0.25, 0.3) is 0 Å². The fourth-order valence-electron chi connectivity index (χ4n) is 2.87. The first-order chi connectivity index (χ1) is 12.1. The van der Waals surface area contributed by atoms with Crippen LogP contribution in [0.2, 0.25) is 0 Å². The van der Waals surface area contributed by atoms with Crippen LogP contribution in [-0.4, -0.2) is 71.1 Å². The second-order valence-corrected chi connectivity index (χ2v) is 6.11. The van der Waals surface area contributed by atoms with Crippen LogP contribution in [0.3, 0.4) is 0 Å². The number of thiocarbonyl (C=S) groups is 1. The Morgan fingerprint density at radius 3 is 2.08 bits per heavy atom. The van der Waals surface area contributed by atoms with Crippen molar-refractivity contribution in [3.63, 3.8) is 0 Å². The number of ether oxygens (including phenoxy) is 5. The largest absolute Gasteiger partial charge is 0.463 e. The third-order valence-corrected chi connectivity index (χ3v) is 4.01. The van der Waals surface area contributed by atoms with Gasteiger partial charge in [-0.05, 0) is 12.2 Å². The van der Waals surface area contributed by atoms with Crippen molar-refractivity contribution in [2.45, 2.75) is 58.3 Å². The van der Waals surface area contributed by atoms with Crippen molar-refractivity contribution in [1.82, 2.24) is 4.90 Å². The molecular weight excluding hydrogens is 370 g/mol. The number of amides is 1. The van der Waals surface area contributed by atoms with Gasteiger partial charge in [0.2, 0.25) is 12.2 Å². The summed E-state index contributed by atoms with van der Waals surface area (Å²) < 4.78 is 26.6. The number of esters is 3. The lowest BCUT2D eigenvalue weighted by molar-refractivity contribution is -0.253. The van der Waals surface area contributed by atoms with E-state index >= 15 is 0 Å². The SMILES string of the molecule is CC(=O)OC[C@H]1O[C@@H]2OC(=S)N(C(C)=O)[C@@H]2[C@@H](OC(C)=O)[C@@H]1OC(C)=O. The highest BCUT2D eigenvalue weighted by molar-refractivity contribution is 7.80. The molecule has 0 aromatic rings. The van der Waals surface area contributed by atoms with E-state index in [0.717, 1.165) is 4.90 Å². The number of carbonyl (C=O) groups excluding carboxylic acids is 4. The van der Waals surface area contributed by atoms with Gasteiger partial charge in [-0.1, -0.05) is 0 Å². The zero-order valence-corrected chi connectivity index (χ0v) is 15.4. The van der Waals surface area contributed by atoms with Crippen molar-refractivity contribution in [1.29, 1.82) is 0 Å². The fraction of sp³-hybridized carbons (Fsp3) is 0.667. The summed E-state index contributed by atoms with van der Waals surface area (Å²) >= 11 is 5.04. The standard InChI is InChI=1S/C15H19NO9S/c1-6(17)16-11-13(23-9(4)20)12(22-8(3)19)10(5-21-7(2)18)24-14(11)25-15(16)26/h10-14H,5H2,1-4H3/t10-,11-,12-,13-,14-/m1/s1. The Bertz CT molecular complexity index is 637. The van der Waals surface area contributed by atoms with Crippen molar-refractivity contribution in [3.05, 3.63) is 0 Å². The third-order valence-electron chi connectivity index (χ3n) is 3.72. The second kappa shape index (κ2) is 7.96. The first-order valence-electron chi connectivity index (χ1n) is 7.75. The fourth-order valence-corrected chi connectivity index (χ4v) is 3.22. The summed E-state index contributed by atoms with van der Waals surface area (Å²) in [6.45, 7) is 4.52. The van der Waals surface area contributed by atoms with Crippen LogP contribution >= 0.6 is 12.2 Å². The lowest BCUT2D eigenvalue weighted by Crippen LogP contribution is -2.63. The predicted molar refractivity (Wildman–Crippen MR) is 86.4 cm³/mol. The average Bonchev–Trinajstić information content (AvgIpc) is 2.82. The van der Waals surface area contributed by atoms with E-state index in [4.69, 9.17) is 35.9 Å². The van der Waals surface area contributed by atoms with Gasteiger partial charge < -0.3 is 23.7 Å². The summed E-state index contributed by atoms with van der Waals surface area (Å²) in [6, 6.07) is -0.943. The minimum absolute atomic E-state index is 0.153. The molecule has 2 fully saturated rings. The number of fused-ring (bicyclic) bond motifs is 1. The van der Waals surface area contributed by atoms with Crippen LogP contribution in [0.4, 0.5) is 0 Å². The molecule has 11 heteroatoms. The van der Waals surface area contributed by atoms with E-state index in [1.54, 1.807) is 0 Å². The number of rotatable bonds is 4. The Labute approximate surface area is 154 Å². The van der Waals surface area contributed by atoms with Gasteiger partial charge in [0, 0.05) is 27.7 Å². The molecule has 26 heavy (non-hydrogen) atoms. The minimum Gasteiger partial charge on any atom is -0.463 e. The van der Waals surface area contributed by atoms with E-state index in [1.807, 2.05) is 0 Å². The Kier molecular flexibility index (Phi) is 6.13. The maximum atomic E-state index is 12.0. The first kappa shape index (κ1) is 20.0. The van der Waals surface area contributed by atoms with Gasteiger partial charge in [-0.3, -0.25) is 24.1 Å². The van der Waals surface area contributed by atoms with Crippen LogP contribution in [-0.2, 0) is 42.9 Å². The highest BCUT2D eigenvalue weighted by Crippen LogP contribution is 2.35. The molecule has 0 saturated carbocycles. The Morgan fingerprint density at radius 2 is 1.58 bits per heavy atom. The highest BCUT2D eigenvalue weighted by Gasteiger charge is 2.58. The molecule has 144 valence electrons. The number of nitrogens with zero attached hydrogens (tertiary/aromatic N) is 1. The molecule has 1 amide bonds. The Morgan fingerprint density at radius 1 is 1.00 bits per heavy atom. The molecule has 2 aliphatic rings. The third kappa shape index (κ3) is 4.28.